The van der Waals surface area contributed by atoms with Gasteiger partial charge in [0.1, 0.15) is 5.75 Å². The number of ether oxygens (including phenoxy) is 1. The first-order valence-electron chi connectivity index (χ1n) is 6.08. The molecule has 1 heterocycles. The van der Waals surface area contributed by atoms with E-state index in [1.54, 1.807) is 0 Å². The predicted octanol–water partition coefficient (Wildman–Crippen LogP) is 1.89. The Balaban J connectivity index is 2.02. The lowest BCUT2D eigenvalue weighted by Crippen LogP contribution is -2.43. The molecule has 0 bridgehead atoms. The molecule has 3 heteroatoms. The van der Waals surface area contributed by atoms with Gasteiger partial charge in [-0.2, -0.15) is 0 Å². The smallest absolute Gasteiger partial charge is 0.121 e. The number of anilines is 1. The van der Waals surface area contributed by atoms with Crippen molar-refractivity contribution < 1.29 is 4.74 Å². The Kier molecular flexibility index (Phi) is 4.05. The van der Waals surface area contributed by atoms with Gasteiger partial charge in [-0.25, -0.2) is 0 Å². The summed E-state index contributed by atoms with van der Waals surface area (Å²) in [5, 5.41) is 3.36. The van der Waals surface area contributed by atoms with Gasteiger partial charge in [-0.1, -0.05) is 13.0 Å². The number of benzene rings is 1. The van der Waals surface area contributed by atoms with Crippen LogP contribution in [0.1, 0.15) is 13.3 Å². The summed E-state index contributed by atoms with van der Waals surface area (Å²) in [4.78, 5) is 2.40. The quantitative estimate of drug-likeness (QED) is 0.838. The number of nitrogens with zero attached hydrogens (tertiary/aromatic N) is 1. The molecule has 0 unspecified atom stereocenters. The van der Waals surface area contributed by atoms with Gasteiger partial charge < -0.3 is 15.0 Å². The maximum atomic E-state index is 5.64. The van der Waals surface area contributed by atoms with Gasteiger partial charge in [0.2, 0.25) is 0 Å². The van der Waals surface area contributed by atoms with Crippen molar-refractivity contribution in [1.82, 2.24) is 5.32 Å². The van der Waals surface area contributed by atoms with Crippen molar-refractivity contribution in [3.05, 3.63) is 24.3 Å². The van der Waals surface area contributed by atoms with Crippen molar-refractivity contribution in [2.75, 3.05) is 37.7 Å². The van der Waals surface area contributed by atoms with Crippen LogP contribution in [0.2, 0.25) is 0 Å². The fourth-order valence-corrected chi connectivity index (χ4v) is 1.91. The highest BCUT2D eigenvalue weighted by atomic mass is 16.5. The topological polar surface area (TPSA) is 24.5 Å². The molecule has 1 fully saturated rings. The van der Waals surface area contributed by atoms with Crippen LogP contribution in [0.15, 0.2) is 24.3 Å². The standard InChI is InChI=1S/C13H20N2O/c1-2-10-16-13-5-3-4-12(11-13)15-8-6-14-7-9-15/h3-5,11,14H,2,6-10H2,1H3. The van der Waals surface area contributed by atoms with Crippen LogP contribution in [0.5, 0.6) is 5.75 Å². The van der Waals surface area contributed by atoms with E-state index in [4.69, 9.17) is 4.74 Å². The Morgan fingerprint density at radius 3 is 2.88 bits per heavy atom. The molecule has 1 aromatic carbocycles. The van der Waals surface area contributed by atoms with Crippen LogP contribution in [0.25, 0.3) is 0 Å². The Hall–Kier alpha value is -1.22. The van der Waals surface area contributed by atoms with Crippen molar-refractivity contribution in [1.29, 1.82) is 0 Å². The van der Waals surface area contributed by atoms with Gasteiger partial charge in [0.25, 0.3) is 0 Å². The summed E-state index contributed by atoms with van der Waals surface area (Å²) in [6.07, 6.45) is 1.05. The van der Waals surface area contributed by atoms with E-state index >= 15 is 0 Å². The summed E-state index contributed by atoms with van der Waals surface area (Å²) in [5.41, 5.74) is 1.27. The Morgan fingerprint density at radius 2 is 2.12 bits per heavy atom. The van der Waals surface area contributed by atoms with E-state index in [1.807, 2.05) is 6.07 Å². The number of piperazine rings is 1. The first kappa shape index (κ1) is 11.3. The van der Waals surface area contributed by atoms with Crippen LogP contribution in [-0.4, -0.2) is 32.8 Å². The predicted molar refractivity (Wildman–Crippen MR) is 67.3 cm³/mol. The highest BCUT2D eigenvalue weighted by Gasteiger charge is 2.10. The number of hydrogen-bond acceptors (Lipinski definition) is 3. The molecule has 0 atom stereocenters. The second kappa shape index (κ2) is 5.75. The zero-order valence-electron chi connectivity index (χ0n) is 9.91. The first-order valence-corrected chi connectivity index (χ1v) is 6.08. The fourth-order valence-electron chi connectivity index (χ4n) is 1.91. The molecular formula is C13H20N2O. The van der Waals surface area contributed by atoms with Gasteiger partial charge in [0, 0.05) is 37.9 Å². The van der Waals surface area contributed by atoms with Crippen molar-refractivity contribution >= 4 is 5.69 Å². The maximum Gasteiger partial charge on any atom is 0.121 e. The Morgan fingerprint density at radius 1 is 1.31 bits per heavy atom. The second-order valence-corrected chi connectivity index (χ2v) is 4.08. The summed E-state index contributed by atoms with van der Waals surface area (Å²) >= 11 is 0. The zero-order chi connectivity index (χ0) is 11.2. The third kappa shape index (κ3) is 2.89. The van der Waals surface area contributed by atoms with Gasteiger partial charge in [-0.05, 0) is 18.6 Å². The molecule has 16 heavy (non-hydrogen) atoms. The molecule has 3 nitrogen and oxygen atoms in total. The van der Waals surface area contributed by atoms with E-state index in [0.29, 0.717) is 0 Å². The zero-order valence-corrected chi connectivity index (χ0v) is 9.91. The number of rotatable bonds is 4. The van der Waals surface area contributed by atoms with Gasteiger partial charge in [-0.15, -0.1) is 0 Å². The average molecular weight is 220 g/mol. The third-order valence-corrected chi connectivity index (χ3v) is 2.77. The van der Waals surface area contributed by atoms with E-state index in [0.717, 1.165) is 45.0 Å². The fraction of sp³-hybridized carbons (Fsp3) is 0.538. The summed E-state index contributed by atoms with van der Waals surface area (Å²) in [5.74, 6) is 0.984. The Labute approximate surface area is 97.4 Å². The second-order valence-electron chi connectivity index (χ2n) is 4.08. The molecule has 0 aliphatic carbocycles. The van der Waals surface area contributed by atoms with Gasteiger partial charge in [0.15, 0.2) is 0 Å². The molecular weight excluding hydrogens is 200 g/mol. The Bertz CT molecular complexity index is 321. The van der Waals surface area contributed by atoms with Crippen LogP contribution in [-0.2, 0) is 0 Å². The van der Waals surface area contributed by atoms with Gasteiger partial charge >= 0.3 is 0 Å². The lowest BCUT2D eigenvalue weighted by Gasteiger charge is -2.29. The number of nitrogens with one attached hydrogen (secondary N) is 1. The molecule has 0 aromatic heterocycles. The van der Waals surface area contributed by atoms with Crippen molar-refractivity contribution in [3.8, 4) is 5.75 Å². The summed E-state index contributed by atoms with van der Waals surface area (Å²) in [6, 6.07) is 8.40. The molecule has 1 saturated heterocycles. The van der Waals surface area contributed by atoms with E-state index in [9.17, 15) is 0 Å². The minimum atomic E-state index is 0.797. The number of hydrogen-bond donors (Lipinski definition) is 1. The first-order chi connectivity index (χ1) is 7.90. The lowest BCUT2D eigenvalue weighted by molar-refractivity contribution is 0.317. The molecule has 1 aliphatic rings. The minimum Gasteiger partial charge on any atom is -0.494 e. The SMILES string of the molecule is CCCOc1cccc(N2CCNCC2)c1. The van der Waals surface area contributed by atoms with Crippen LogP contribution in [0, 0.1) is 0 Å². The van der Waals surface area contributed by atoms with E-state index in [1.165, 1.54) is 5.69 Å². The highest BCUT2D eigenvalue weighted by molar-refractivity contribution is 5.51. The molecule has 1 aromatic rings. The molecule has 0 spiro atoms. The van der Waals surface area contributed by atoms with Gasteiger partial charge in [0.05, 0.1) is 6.61 Å². The maximum absolute atomic E-state index is 5.64. The van der Waals surface area contributed by atoms with Crippen LogP contribution in [0.4, 0.5) is 5.69 Å². The largest absolute Gasteiger partial charge is 0.494 e. The summed E-state index contributed by atoms with van der Waals surface area (Å²) in [6.45, 7) is 7.22. The molecule has 88 valence electrons. The van der Waals surface area contributed by atoms with Crippen LogP contribution < -0.4 is 15.0 Å². The van der Waals surface area contributed by atoms with E-state index in [-0.39, 0.29) is 0 Å². The molecule has 0 amide bonds. The van der Waals surface area contributed by atoms with Gasteiger partial charge in [-0.3, -0.25) is 0 Å². The molecule has 2 rings (SSSR count). The summed E-state index contributed by atoms with van der Waals surface area (Å²) < 4.78 is 5.64. The monoisotopic (exact) mass is 220 g/mol. The molecule has 0 radical (unpaired) electrons. The molecule has 1 aliphatic heterocycles. The molecule has 1 N–H and O–H groups in total. The third-order valence-electron chi connectivity index (χ3n) is 2.77. The van der Waals surface area contributed by atoms with Crippen LogP contribution >= 0.6 is 0 Å². The van der Waals surface area contributed by atoms with E-state index < -0.39 is 0 Å². The molecule has 0 saturated carbocycles. The lowest BCUT2D eigenvalue weighted by atomic mass is 10.2. The van der Waals surface area contributed by atoms with Crippen molar-refractivity contribution in [3.63, 3.8) is 0 Å². The normalized spacial score (nSPS) is 16.2. The van der Waals surface area contributed by atoms with Crippen molar-refractivity contribution in [2.24, 2.45) is 0 Å². The highest BCUT2D eigenvalue weighted by Crippen LogP contribution is 2.21. The average Bonchev–Trinajstić information content (AvgIpc) is 2.38. The van der Waals surface area contributed by atoms with E-state index in [2.05, 4.69) is 35.3 Å². The van der Waals surface area contributed by atoms with Crippen LogP contribution in [0.3, 0.4) is 0 Å². The van der Waals surface area contributed by atoms with Crippen molar-refractivity contribution in [2.45, 2.75) is 13.3 Å². The minimum absolute atomic E-state index is 0.797. The summed E-state index contributed by atoms with van der Waals surface area (Å²) in [7, 11) is 0.